The summed E-state index contributed by atoms with van der Waals surface area (Å²) in [4.78, 5) is 24.2. The van der Waals surface area contributed by atoms with Gasteiger partial charge in [-0.1, -0.05) is 39.0 Å². The van der Waals surface area contributed by atoms with Crippen molar-refractivity contribution in [3.63, 3.8) is 0 Å². The van der Waals surface area contributed by atoms with E-state index in [2.05, 4.69) is 25.2 Å². The zero-order chi connectivity index (χ0) is 28.8. The van der Waals surface area contributed by atoms with Gasteiger partial charge in [-0.15, -0.1) is 0 Å². The number of rotatable bonds is 12. The van der Waals surface area contributed by atoms with Crippen molar-refractivity contribution in [3.8, 4) is 0 Å². The Bertz CT molecular complexity index is 847. The van der Waals surface area contributed by atoms with Crippen LogP contribution >= 0.6 is 0 Å². The number of ether oxygens (including phenoxy) is 3. The van der Waals surface area contributed by atoms with E-state index in [0.717, 1.165) is 18.4 Å². The molecule has 0 fully saturated rings. The maximum atomic E-state index is 12.9. The zero-order valence-electron chi connectivity index (χ0n) is 25.0. The van der Waals surface area contributed by atoms with Crippen LogP contribution in [0, 0.1) is 23.7 Å². The Morgan fingerprint density at radius 1 is 1.13 bits per heavy atom. The maximum absolute atomic E-state index is 12.9. The van der Waals surface area contributed by atoms with E-state index in [9.17, 15) is 19.8 Å². The fourth-order valence-electron chi connectivity index (χ4n) is 5.61. The maximum Gasteiger partial charge on any atom is 0.308 e. The van der Waals surface area contributed by atoms with E-state index in [1.165, 1.54) is 0 Å². The van der Waals surface area contributed by atoms with Gasteiger partial charge in [0.05, 0.1) is 41.9 Å². The Balaban J connectivity index is 2.22. The summed E-state index contributed by atoms with van der Waals surface area (Å²) < 4.78 is 18.4. The molecule has 2 aliphatic rings. The summed E-state index contributed by atoms with van der Waals surface area (Å²) in [5.74, 6) is -0.840. The van der Waals surface area contributed by atoms with Gasteiger partial charge in [0.15, 0.2) is 0 Å². The van der Waals surface area contributed by atoms with Crippen LogP contribution in [0.25, 0.3) is 0 Å². The molecule has 0 aliphatic heterocycles. The average molecular weight is 537 g/mol. The summed E-state index contributed by atoms with van der Waals surface area (Å²) >= 11 is 0. The van der Waals surface area contributed by atoms with Crippen LogP contribution in [0.5, 0.6) is 0 Å². The minimum Gasteiger partial charge on any atom is -0.481 e. The monoisotopic (exact) mass is 536 g/mol. The Morgan fingerprint density at radius 3 is 2.34 bits per heavy atom. The number of aliphatic carboxylic acids is 1. The second-order valence-corrected chi connectivity index (χ2v) is 13.3. The summed E-state index contributed by atoms with van der Waals surface area (Å²) in [5, 5.41) is 20.2. The average Bonchev–Trinajstić information content (AvgIpc) is 2.75. The van der Waals surface area contributed by atoms with Crippen LogP contribution in [-0.2, 0) is 23.8 Å². The van der Waals surface area contributed by atoms with Gasteiger partial charge in [-0.25, -0.2) is 0 Å². The molecular formula is C31H52O7. The molecule has 7 heteroatoms. The third kappa shape index (κ3) is 10.5. The fourth-order valence-corrected chi connectivity index (χ4v) is 5.61. The van der Waals surface area contributed by atoms with Crippen molar-refractivity contribution in [2.24, 2.45) is 23.7 Å². The number of aliphatic hydroxyl groups is 1. The van der Waals surface area contributed by atoms with Crippen LogP contribution in [0.15, 0.2) is 23.8 Å². The Labute approximate surface area is 230 Å². The quantitative estimate of drug-likeness (QED) is 0.291. The molecule has 0 saturated carbocycles. The summed E-state index contributed by atoms with van der Waals surface area (Å²) in [6.45, 7) is 17.8. The Kier molecular flexibility index (Phi) is 11.6. The molecule has 0 aromatic heterocycles. The molecule has 2 N–H and O–H groups in total. The van der Waals surface area contributed by atoms with Crippen molar-refractivity contribution in [1.82, 2.24) is 0 Å². The zero-order valence-corrected chi connectivity index (χ0v) is 25.0. The van der Waals surface area contributed by atoms with Crippen molar-refractivity contribution in [1.29, 1.82) is 0 Å². The van der Waals surface area contributed by atoms with Crippen molar-refractivity contribution < 1.29 is 34.0 Å². The van der Waals surface area contributed by atoms with Gasteiger partial charge in [0, 0.05) is 18.8 Å². The number of carboxylic acids is 1. The molecule has 2 rings (SSSR count). The molecule has 0 aromatic rings. The highest BCUT2D eigenvalue weighted by Gasteiger charge is 2.43. The van der Waals surface area contributed by atoms with E-state index in [-0.39, 0.29) is 60.3 Å². The topological polar surface area (TPSA) is 102 Å². The second-order valence-electron chi connectivity index (χ2n) is 13.3. The molecule has 0 saturated heterocycles. The predicted molar refractivity (Wildman–Crippen MR) is 149 cm³/mol. The summed E-state index contributed by atoms with van der Waals surface area (Å²) in [7, 11) is 0. The van der Waals surface area contributed by atoms with Crippen molar-refractivity contribution >= 4 is 11.9 Å². The van der Waals surface area contributed by atoms with Crippen LogP contribution < -0.4 is 0 Å². The number of aliphatic hydroxyl groups excluding tert-OH is 1. The first-order chi connectivity index (χ1) is 17.5. The van der Waals surface area contributed by atoms with Gasteiger partial charge < -0.3 is 24.4 Å². The highest BCUT2D eigenvalue weighted by Crippen LogP contribution is 2.45. The van der Waals surface area contributed by atoms with Crippen molar-refractivity contribution in [2.45, 2.75) is 136 Å². The Hall–Kier alpha value is -1.70. The van der Waals surface area contributed by atoms with E-state index >= 15 is 0 Å². The lowest BCUT2D eigenvalue weighted by Crippen LogP contribution is -2.44. The molecule has 0 bridgehead atoms. The first-order valence-corrected chi connectivity index (χ1v) is 14.3. The first-order valence-electron chi connectivity index (χ1n) is 14.3. The first kappa shape index (κ1) is 32.5. The summed E-state index contributed by atoms with van der Waals surface area (Å²) in [5.41, 5.74) is 0.309. The van der Waals surface area contributed by atoms with Gasteiger partial charge in [0.25, 0.3) is 0 Å². The van der Waals surface area contributed by atoms with E-state index in [1.54, 1.807) is 0 Å². The lowest BCUT2D eigenvalue weighted by molar-refractivity contribution is -0.161. The molecule has 218 valence electrons. The van der Waals surface area contributed by atoms with Crippen molar-refractivity contribution in [2.75, 3.05) is 0 Å². The predicted octanol–water partition coefficient (Wildman–Crippen LogP) is 6.09. The number of esters is 1. The SMILES string of the molecule is CC[C@H](C)C(=O)O[C@H]1C[C@H](OC(C)(C)C)C=C2C=C[C@H](C)[C@H](CC[C@@H](O)C[C@H](CC(=O)O)OC(C)(C)C)[C@H]21. The lowest BCUT2D eigenvalue weighted by Gasteiger charge is -2.44. The molecule has 8 atom stereocenters. The minimum atomic E-state index is -0.938. The van der Waals surface area contributed by atoms with E-state index in [1.807, 2.05) is 55.4 Å². The Morgan fingerprint density at radius 2 is 1.79 bits per heavy atom. The van der Waals surface area contributed by atoms with Gasteiger partial charge in [-0.2, -0.15) is 0 Å². The highest BCUT2D eigenvalue weighted by atomic mass is 16.6. The summed E-state index contributed by atoms with van der Waals surface area (Å²) in [6, 6.07) is 0. The molecule has 0 spiro atoms. The van der Waals surface area contributed by atoms with E-state index < -0.39 is 23.8 Å². The van der Waals surface area contributed by atoms with E-state index in [4.69, 9.17) is 14.2 Å². The van der Waals surface area contributed by atoms with E-state index in [0.29, 0.717) is 12.8 Å². The lowest BCUT2D eigenvalue weighted by atomic mass is 9.66. The van der Waals surface area contributed by atoms with Crippen molar-refractivity contribution in [3.05, 3.63) is 23.8 Å². The molecule has 0 heterocycles. The second kappa shape index (κ2) is 13.6. The molecule has 38 heavy (non-hydrogen) atoms. The normalized spacial score (nSPS) is 28.2. The molecule has 0 unspecified atom stereocenters. The van der Waals surface area contributed by atoms with Gasteiger partial charge in [0.2, 0.25) is 0 Å². The number of hydrogen-bond donors (Lipinski definition) is 2. The van der Waals surface area contributed by atoms with Gasteiger partial charge in [-0.3, -0.25) is 9.59 Å². The minimum absolute atomic E-state index is 0.0238. The molecule has 2 aliphatic carbocycles. The van der Waals surface area contributed by atoms with Gasteiger partial charge >= 0.3 is 11.9 Å². The standard InChI is InChI=1S/C31H52O7/c1-10-19(2)29(35)36-26-17-23(37-30(4,5)6)15-21-12-11-20(3)25(28(21)26)14-13-22(32)16-24(18-27(33)34)38-31(7,8)9/h11-12,15,19-20,22-26,28,32H,10,13-14,16-18H2,1-9H3,(H,33,34)/t19-,20-,22+,23+,24+,25-,26-,28-/m0/s1. The van der Waals surface area contributed by atoms with Gasteiger partial charge in [-0.05, 0) is 78.2 Å². The molecule has 7 nitrogen and oxygen atoms in total. The number of carbonyl (C=O) groups is 2. The number of carboxylic acid groups (broad SMARTS) is 1. The molecular weight excluding hydrogens is 484 g/mol. The fraction of sp³-hybridized carbons (Fsp3) is 0.806. The third-order valence-corrected chi connectivity index (χ3v) is 7.44. The summed E-state index contributed by atoms with van der Waals surface area (Å²) in [6.07, 6.45) is 7.52. The molecule has 0 radical (unpaired) electrons. The van der Waals surface area contributed by atoms with Gasteiger partial charge in [0.1, 0.15) is 6.10 Å². The number of hydrogen-bond acceptors (Lipinski definition) is 6. The number of fused-ring (bicyclic) bond motifs is 1. The largest absolute Gasteiger partial charge is 0.481 e. The smallest absolute Gasteiger partial charge is 0.308 e. The van der Waals surface area contributed by atoms with Crippen LogP contribution in [0.1, 0.15) is 101 Å². The van der Waals surface area contributed by atoms with Crippen LogP contribution in [-0.4, -0.2) is 57.8 Å². The van der Waals surface area contributed by atoms with Crippen LogP contribution in [0.3, 0.4) is 0 Å². The molecule has 0 amide bonds. The van der Waals surface area contributed by atoms with Crippen LogP contribution in [0.4, 0.5) is 0 Å². The van der Waals surface area contributed by atoms with Crippen LogP contribution in [0.2, 0.25) is 0 Å². The third-order valence-electron chi connectivity index (χ3n) is 7.44. The number of carbonyl (C=O) groups excluding carboxylic acids is 1. The number of allylic oxidation sites excluding steroid dienone is 2. The molecule has 0 aromatic carbocycles. The highest BCUT2D eigenvalue weighted by molar-refractivity contribution is 5.72.